The maximum atomic E-state index is 12.9. The van der Waals surface area contributed by atoms with Gasteiger partial charge in [-0.3, -0.25) is 4.79 Å². The smallest absolute Gasteiger partial charge is 0.314 e. The third-order valence-electron chi connectivity index (χ3n) is 5.18. The summed E-state index contributed by atoms with van der Waals surface area (Å²) in [6.45, 7) is 2.16. The van der Waals surface area contributed by atoms with Gasteiger partial charge in [-0.15, -0.1) is 0 Å². The molecule has 9 heteroatoms. The summed E-state index contributed by atoms with van der Waals surface area (Å²) >= 11 is 5.39. The fraction of sp³-hybridized carbons (Fsp3) is 0.632. The van der Waals surface area contributed by atoms with Gasteiger partial charge in [-0.1, -0.05) is 70.1 Å². The molecule has 162 valence electrons. The molecular formula is C19H26ClF5O2S. The molecule has 0 amide bonds. The highest BCUT2D eigenvalue weighted by molar-refractivity contribution is 8.45. The van der Waals surface area contributed by atoms with Crippen LogP contribution in [0.5, 0.6) is 5.75 Å². The number of unbranched alkanes of at least 4 members (excludes halogenated alkanes) is 3. The second kappa shape index (κ2) is 8.01. The van der Waals surface area contributed by atoms with E-state index in [2.05, 4.69) is 6.92 Å². The highest BCUT2D eigenvalue weighted by Crippen LogP contribution is 3.02. The van der Waals surface area contributed by atoms with Gasteiger partial charge < -0.3 is 4.74 Å². The van der Waals surface area contributed by atoms with Crippen molar-refractivity contribution < 1.29 is 29.0 Å². The zero-order valence-corrected chi connectivity index (χ0v) is 17.3. The van der Waals surface area contributed by atoms with E-state index in [-0.39, 0.29) is 17.7 Å². The zero-order valence-electron chi connectivity index (χ0n) is 15.7. The molecule has 0 saturated heterocycles. The molecule has 0 bridgehead atoms. The van der Waals surface area contributed by atoms with Crippen molar-refractivity contribution in [2.75, 3.05) is 0 Å². The lowest BCUT2D eigenvalue weighted by molar-refractivity contribution is -0.140. The summed E-state index contributed by atoms with van der Waals surface area (Å²) in [6.07, 6.45) is 9.11. The van der Waals surface area contributed by atoms with Crippen molar-refractivity contribution in [1.29, 1.82) is 0 Å². The van der Waals surface area contributed by atoms with Crippen LogP contribution in [-0.4, -0.2) is 5.97 Å². The van der Waals surface area contributed by atoms with E-state index in [9.17, 15) is 24.2 Å². The number of esters is 1. The summed E-state index contributed by atoms with van der Waals surface area (Å²) in [4.78, 5) is 10.1. The lowest BCUT2D eigenvalue weighted by Gasteiger charge is -2.41. The van der Waals surface area contributed by atoms with Crippen LogP contribution in [0.3, 0.4) is 0 Å². The van der Waals surface area contributed by atoms with Crippen molar-refractivity contribution in [3.63, 3.8) is 0 Å². The van der Waals surface area contributed by atoms with E-state index in [1.165, 1.54) is 25.7 Å². The van der Waals surface area contributed by atoms with Crippen molar-refractivity contribution in [3.8, 4) is 5.75 Å². The molecule has 1 aromatic rings. The number of carbonyl (C=O) groups excluding carboxylic acids is 1. The van der Waals surface area contributed by atoms with Crippen LogP contribution in [0, 0.1) is 11.8 Å². The molecule has 0 heterocycles. The van der Waals surface area contributed by atoms with Crippen LogP contribution in [0.2, 0.25) is 5.02 Å². The van der Waals surface area contributed by atoms with Gasteiger partial charge in [0, 0.05) is 6.07 Å². The Kier molecular flexibility index (Phi) is 6.66. The van der Waals surface area contributed by atoms with Crippen LogP contribution in [0.1, 0.15) is 64.7 Å². The average Bonchev–Trinajstić information content (AvgIpc) is 2.57. The van der Waals surface area contributed by atoms with Gasteiger partial charge in [-0.25, -0.2) is 0 Å². The molecular weight excluding hydrogens is 423 g/mol. The number of benzene rings is 1. The molecule has 1 aromatic carbocycles. The van der Waals surface area contributed by atoms with Gasteiger partial charge in [0.05, 0.1) is 10.9 Å². The minimum atomic E-state index is -9.88. The summed E-state index contributed by atoms with van der Waals surface area (Å²) in [5.74, 6) is -0.559. The van der Waals surface area contributed by atoms with E-state index in [0.29, 0.717) is 30.9 Å². The van der Waals surface area contributed by atoms with E-state index in [1.54, 1.807) is 0 Å². The number of hydrogen-bond acceptors (Lipinski definition) is 2. The van der Waals surface area contributed by atoms with Crippen molar-refractivity contribution in [2.45, 2.75) is 69.6 Å². The number of halogens is 6. The van der Waals surface area contributed by atoms with Gasteiger partial charge in [-0.05, 0) is 43.7 Å². The van der Waals surface area contributed by atoms with Crippen molar-refractivity contribution in [1.82, 2.24) is 0 Å². The molecule has 0 aromatic heterocycles. The average molecular weight is 449 g/mol. The molecule has 0 atom stereocenters. The zero-order chi connectivity index (χ0) is 21.1. The Balaban J connectivity index is 1.90. The first-order valence-electron chi connectivity index (χ1n) is 9.55. The number of rotatable bonds is 8. The second-order valence-electron chi connectivity index (χ2n) is 7.55. The lowest BCUT2D eigenvalue weighted by Crippen LogP contribution is -2.25. The first kappa shape index (κ1) is 23.3. The van der Waals surface area contributed by atoms with E-state index < -0.39 is 26.1 Å². The Morgan fingerprint density at radius 3 is 2.25 bits per heavy atom. The maximum Gasteiger partial charge on any atom is 0.314 e. The van der Waals surface area contributed by atoms with Gasteiger partial charge >= 0.3 is 16.2 Å². The van der Waals surface area contributed by atoms with Crippen LogP contribution in [0.4, 0.5) is 19.4 Å². The third-order valence-corrected chi connectivity index (χ3v) is 6.80. The summed E-state index contributed by atoms with van der Waals surface area (Å²) in [5.41, 5.74) is 0. The van der Waals surface area contributed by atoms with Crippen LogP contribution < -0.4 is 4.74 Å². The fourth-order valence-corrected chi connectivity index (χ4v) is 4.96. The molecule has 0 radical (unpaired) electrons. The minimum absolute atomic E-state index is 0.166. The minimum Gasteiger partial charge on any atom is -0.426 e. The van der Waals surface area contributed by atoms with E-state index >= 15 is 0 Å². The molecule has 0 N–H and O–H groups in total. The first-order valence-corrected chi connectivity index (χ1v) is 11.9. The van der Waals surface area contributed by atoms with Gasteiger partial charge in [-0.2, -0.15) is 0 Å². The topological polar surface area (TPSA) is 26.3 Å². The van der Waals surface area contributed by atoms with E-state index in [4.69, 9.17) is 16.3 Å². The van der Waals surface area contributed by atoms with Gasteiger partial charge in [0.15, 0.2) is 0 Å². The Hall–Kier alpha value is -1.02. The van der Waals surface area contributed by atoms with Crippen LogP contribution >= 0.6 is 21.8 Å². The number of hydrogen-bond donors (Lipinski definition) is 0. The van der Waals surface area contributed by atoms with Crippen molar-refractivity contribution >= 4 is 27.8 Å². The molecule has 0 spiro atoms. The molecule has 0 unspecified atom stereocenters. The number of ether oxygens (including phenoxy) is 1. The largest absolute Gasteiger partial charge is 0.426 e. The Labute approximate surface area is 167 Å². The van der Waals surface area contributed by atoms with Crippen LogP contribution in [-0.2, 0) is 4.79 Å². The summed E-state index contributed by atoms with van der Waals surface area (Å²) in [6, 6.07) is 1.49. The Morgan fingerprint density at radius 2 is 1.71 bits per heavy atom. The van der Waals surface area contributed by atoms with Crippen molar-refractivity contribution in [2.24, 2.45) is 11.8 Å². The third kappa shape index (κ3) is 6.79. The summed E-state index contributed by atoms with van der Waals surface area (Å²) in [7, 11) is -9.88. The van der Waals surface area contributed by atoms with Gasteiger partial charge in [0.25, 0.3) is 0 Å². The molecule has 1 fully saturated rings. The molecule has 2 rings (SSSR count). The maximum absolute atomic E-state index is 12.9. The predicted octanol–water partition coefficient (Wildman–Crippen LogP) is 8.68. The molecule has 1 aliphatic rings. The molecule has 0 aliphatic heterocycles. The van der Waals surface area contributed by atoms with Crippen LogP contribution in [0.15, 0.2) is 23.1 Å². The highest BCUT2D eigenvalue weighted by Gasteiger charge is 2.66. The summed E-state index contributed by atoms with van der Waals surface area (Å²) < 4.78 is 69.4. The van der Waals surface area contributed by atoms with Gasteiger partial charge in [0.2, 0.25) is 0 Å². The monoisotopic (exact) mass is 448 g/mol. The standard InChI is InChI=1S/C19H26ClF5O2S/c1-2-3-4-5-6-14-7-9-15(10-8-14)19(26)27-16-11-12-18(17(20)13-16)28(21,22,23,24)25/h11-15H,2-10H2,1H3/t14-,15-. The van der Waals surface area contributed by atoms with Gasteiger partial charge in [0.1, 0.15) is 10.6 Å². The first-order chi connectivity index (χ1) is 12.8. The highest BCUT2D eigenvalue weighted by atomic mass is 35.5. The number of carbonyl (C=O) groups is 1. The normalized spacial score (nSPS) is 23.0. The molecule has 1 aliphatic carbocycles. The SMILES string of the molecule is CCCCCC[C@H]1CC[C@H](C(=O)Oc2ccc(S(F)(F)(F)(F)F)c(Cl)c2)CC1. The fourth-order valence-electron chi connectivity index (χ4n) is 3.60. The lowest BCUT2D eigenvalue weighted by atomic mass is 9.80. The van der Waals surface area contributed by atoms with E-state index in [0.717, 1.165) is 19.3 Å². The Morgan fingerprint density at radius 1 is 1.07 bits per heavy atom. The van der Waals surface area contributed by atoms with Crippen molar-refractivity contribution in [3.05, 3.63) is 23.2 Å². The molecule has 28 heavy (non-hydrogen) atoms. The Bertz CT molecular complexity index is 700. The molecule has 1 saturated carbocycles. The van der Waals surface area contributed by atoms with Crippen LogP contribution in [0.25, 0.3) is 0 Å². The van der Waals surface area contributed by atoms with E-state index in [1.807, 2.05) is 0 Å². The second-order valence-corrected chi connectivity index (χ2v) is 10.3. The predicted molar refractivity (Wildman–Crippen MR) is 103 cm³/mol. The quantitative estimate of drug-likeness (QED) is 0.172. The molecule has 2 nitrogen and oxygen atoms in total. The summed E-state index contributed by atoms with van der Waals surface area (Å²) in [5, 5.41) is -1.18.